The van der Waals surface area contributed by atoms with Crippen LogP contribution in [-0.2, 0) is 0 Å². The SMILES string of the molecule is COc1cccc(C(C)NC(C)c2cncc(F)c2)c1. The first-order valence-electron chi connectivity index (χ1n) is 6.60. The molecule has 3 nitrogen and oxygen atoms in total. The van der Waals surface area contributed by atoms with E-state index in [-0.39, 0.29) is 17.9 Å². The van der Waals surface area contributed by atoms with E-state index in [1.165, 1.54) is 12.3 Å². The number of hydrogen-bond acceptors (Lipinski definition) is 3. The van der Waals surface area contributed by atoms with Crippen LogP contribution >= 0.6 is 0 Å². The second kappa shape index (κ2) is 6.48. The standard InChI is InChI=1S/C16H19FN2O/c1-11(13-5-4-6-16(8-13)20-3)19-12(2)14-7-15(17)10-18-9-14/h4-12,19H,1-3H3. The van der Waals surface area contributed by atoms with Crippen molar-refractivity contribution in [3.8, 4) is 5.75 Å². The fourth-order valence-corrected chi connectivity index (χ4v) is 2.14. The number of nitrogens with zero attached hydrogens (tertiary/aromatic N) is 1. The van der Waals surface area contributed by atoms with Gasteiger partial charge in [0, 0.05) is 18.3 Å². The molecular formula is C16H19FN2O. The van der Waals surface area contributed by atoms with E-state index in [1.54, 1.807) is 13.3 Å². The van der Waals surface area contributed by atoms with E-state index in [2.05, 4.69) is 17.2 Å². The molecule has 0 radical (unpaired) electrons. The van der Waals surface area contributed by atoms with Gasteiger partial charge >= 0.3 is 0 Å². The molecule has 4 heteroatoms. The minimum Gasteiger partial charge on any atom is -0.497 e. The molecule has 2 aromatic rings. The topological polar surface area (TPSA) is 34.1 Å². The fraction of sp³-hybridized carbons (Fsp3) is 0.312. The van der Waals surface area contributed by atoms with Crippen LogP contribution in [0.25, 0.3) is 0 Å². The predicted octanol–water partition coefficient (Wildman–Crippen LogP) is 3.64. The van der Waals surface area contributed by atoms with Crippen LogP contribution in [-0.4, -0.2) is 12.1 Å². The summed E-state index contributed by atoms with van der Waals surface area (Å²) in [5.41, 5.74) is 1.96. The Labute approximate surface area is 118 Å². The molecule has 2 rings (SSSR count). The summed E-state index contributed by atoms with van der Waals surface area (Å²) in [4.78, 5) is 3.88. The lowest BCUT2D eigenvalue weighted by atomic mass is 10.1. The molecular weight excluding hydrogens is 255 g/mol. The molecule has 106 valence electrons. The summed E-state index contributed by atoms with van der Waals surface area (Å²) >= 11 is 0. The van der Waals surface area contributed by atoms with Crippen LogP contribution in [0.1, 0.15) is 37.1 Å². The summed E-state index contributed by atoms with van der Waals surface area (Å²) in [7, 11) is 1.65. The van der Waals surface area contributed by atoms with Gasteiger partial charge in [-0.1, -0.05) is 12.1 Å². The van der Waals surface area contributed by atoms with Gasteiger partial charge < -0.3 is 10.1 Å². The van der Waals surface area contributed by atoms with Crippen LogP contribution in [0.4, 0.5) is 4.39 Å². The Morgan fingerprint density at radius 2 is 1.85 bits per heavy atom. The summed E-state index contributed by atoms with van der Waals surface area (Å²) in [6.45, 7) is 4.06. The summed E-state index contributed by atoms with van der Waals surface area (Å²) in [6, 6.07) is 9.55. The first-order chi connectivity index (χ1) is 9.60. The zero-order valence-corrected chi connectivity index (χ0v) is 11.9. The molecule has 0 aliphatic rings. The van der Waals surface area contributed by atoms with Crippen molar-refractivity contribution < 1.29 is 9.13 Å². The number of nitrogens with one attached hydrogen (secondary N) is 1. The number of hydrogen-bond donors (Lipinski definition) is 1. The summed E-state index contributed by atoms with van der Waals surface area (Å²) in [5.74, 6) is 0.515. The minimum atomic E-state index is -0.315. The van der Waals surface area contributed by atoms with E-state index in [0.29, 0.717) is 0 Å². The Morgan fingerprint density at radius 3 is 2.55 bits per heavy atom. The zero-order chi connectivity index (χ0) is 14.5. The van der Waals surface area contributed by atoms with Gasteiger partial charge in [-0.3, -0.25) is 4.98 Å². The van der Waals surface area contributed by atoms with Crippen molar-refractivity contribution in [1.29, 1.82) is 0 Å². The monoisotopic (exact) mass is 274 g/mol. The lowest BCUT2D eigenvalue weighted by Gasteiger charge is -2.21. The maximum Gasteiger partial charge on any atom is 0.141 e. The number of rotatable bonds is 5. The minimum absolute atomic E-state index is 0.0133. The van der Waals surface area contributed by atoms with Gasteiger partial charge in [0.05, 0.1) is 13.3 Å². The summed E-state index contributed by atoms with van der Waals surface area (Å²) < 4.78 is 18.4. The van der Waals surface area contributed by atoms with Gasteiger partial charge in [-0.2, -0.15) is 0 Å². The third-order valence-corrected chi connectivity index (χ3v) is 3.32. The molecule has 1 N–H and O–H groups in total. The van der Waals surface area contributed by atoms with Crippen LogP contribution in [0.5, 0.6) is 5.75 Å². The van der Waals surface area contributed by atoms with Gasteiger partial charge in [0.25, 0.3) is 0 Å². The molecule has 0 bridgehead atoms. The molecule has 0 amide bonds. The largest absolute Gasteiger partial charge is 0.497 e. The number of methoxy groups -OCH3 is 1. The highest BCUT2D eigenvalue weighted by Crippen LogP contribution is 2.22. The van der Waals surface area contributed by atoms with Gasteiger partial charge in [0.2, 0.25) is 0 Å². The van der Waals surface area contributed by atoms with Crippen LogP contribution in [0.2, 0.25) is 0 Å². The molecule has 0 fully saturated rings. The van der Waals surface area contributed by atoms with E-state index in [9.17, 15) is 4.39 Å². The van der Waals surface area contributed by atoms with Crippen molar-refractivity contribution in [1.82, 2.24) is 10.3 Å². The highest BCUT2D eigenvalue weighted by atomic mass is 19.1. The van der Waals surface area contributed by atoms with Gasteiger partial charge in [-0.05, 0) is 43.2 Å². The van der Waals surface area contributed by atoms with E-state index < -0.39 is 0 Å². The quantitative estimate of drug-likeness (QED) is 0.903. The van der Waals surface area contributed by atoms with E-state index in [1.807, 2.05) is 31.2 Å². The molecule has 0 saturated heterocycles. The Balaban J connectivity index is 2.08. The fourth-order valence-electron chi connectivity index (χ4n) is 2.14. The van der Waals surface area contributed by atoms with Gasteiger partial charge in [0.1, 0.15) is 11.6 Å². The normalized spacial score (nSPS) is 13.8. The predicted molar refractivity (Wildman–Crippen MR) is 77.2 cm³/mol. The molecule has 2 unspecified atom stereocenters. The Bertz CT molecular complexity index is 574. The van der Waals surface area contributed by atoms with Gasteiger partial charge in [-0.15, -0.1) is 0 Å². The molecule has 0 aliphatic carbocycles. The van der Waals surface area contributed by atoms with Crippen molar-refractivity contribution in [2.45, 2.75) is 25.9 Å². The second-order valence-electron chi connectivity index (χ2n) is 4.82. The van der Waals surface area contributed by atoms with Gasteiger partial charge in [-0.25, -0.2) is 4.39 Å². The van der Waals surface area contributed by atoms with Crippen molar-refractivity contribution in [2.75, 3.05) is 7.11 Å². The molecule has 0 aliphatic heterocycles. The van der Waals surface area contributed by atoms with E-state index >= 15 is 0 Å². The zero-order valence-electron chi connectivity index (χ0n) is 11.9. The summed E-state index contributed by atoms with van der Waals surface area (Å²) in [6.07, 6.45) is 2.89. The highest BCUT2D eigenvalue weighted by molar-refractivity contribution is 5.30. The Kier molecular flexibility index (Phi) is 4.69. The number of ether oxygens (including phenoxy) is 1. The van der Waals surface area contributed by atoms with Crippen molar-refractivity contribution in [2.24, 2.45) is 0 Å². The molecule has 0 spiro atoms. The number of aromatic nitrogens is 1. The molecule has 20 heavy (non-hydrogen) atoms. The lowest BCUT2D eigenvalue weighted by molar-refractivity contribution is 0.412. The number of pyridine rings is 1. The van der Waals surface area contributed by atoms with E-state index in [0.717, 1.165) is 16.9 Å². The second-order valence-corrected chi connectivity index (χ2v) is 4.82. The first kappa shape index (κ1) is 14.5. The van der Waals surface area contributed by atoms with Gasteiger partial charge in [0.15, 0.2) is 0 Å². The highest BCUT2D eigenvalue weighted by Gasteiger charge is 2.12. The molecule has 0 saturated carbocycles. The maximum atomic E-state index is 13.2. The third-order valence-electron chi connectivity index (χ3n) is 3.32. The molecule has 1 aromatic heterocycles. The van der Waals surface area contributed by atoms with Crippen LogP contribution in [0.3, 0.4) is 0 Å². The summed E-state index contributed by atoms with van der Waals surface area (Å²) in [5, 5.41) is 3.43. The first-order valence-corrected chi connectivity index (χ1v) is 6.60. The van der Waals surface area contributed by atoms with Crippen molar-refractivity contribution >= 4 is 0 Å². The van der Waals surface area contributed by atoms with Crippen LogP contribution in [0.15, 0.2) is 42.7 Å². The Morgan fingerprint density at radius 1 is 1.10 bits per heavy atom. The van der Waals surface area contributed by atoms with Crippen molar-refractivity contribution in [3.63, 3.8) is 0 Å². The number of benzene rings is 1. The van der Waals surface area contributed by atoms with Crippen molar-refractivity contribution in [3.05, 3.63) is 59.7 Å². The average Bonchev–Trinajstić information content (AvgIpc) is 2.47. The van der Waals surface area contributed by atoms with E-state index in [4.69, 9.17) is 4.74 Å². The average molecular weight is 274 g/mol. The smallest absolute Gasteiger partial charge is 0.141 e. The molecule has 2 atom stereocenters. The van der Waals surface area contributed by atoms with Crippen LogP contribution < -0.4 is 10.1 Å². The van der Waals surface area contributed by atoms with Crippen LogP contribution in [0, 0.1) is 5.82 Å². The third kappa shape index (κ3) is 3.54. The maximum absolute atomic E-state index is 13.2. The molecule has 1 aromatic carbocycles. The Hall–Kier alpha value is -1.94. The number of halogens is 1. The molecule has 1 heterocycles. The lowest BCUT2D eigenvalue weighted by Crippen LogP contribution is -2.22.